The molecule has 0 atom stereocenters. The van der Waals surface area contributed by atoms with Crippen molar-refractivity contribution in [2.75, 3.05) is 17.4 Å². The van der Waals surface area contributed by atoms with Gasteiger partial charge in [0.25, 0.3) is 0 Å². The first kappa shape index (κ1) is 23.3. The Morgan fingerprint density at radius 1 is 1.09 bits per heavy atom. The Labute approximate surface area is 199 Å². The second kappa shape index (κ2) is 10.4. The van der Waals surface area contributed by atoms with Gasteiger partial charge in [-0.15, -0.1) is 0 Å². The Hall–Kier alpha value is -1.87. The largest absolute Gasteiger partial charge is 0.277 e. The highest BCUT2D eigenvalue weighted by molar-refractivity contribution is 8.04. The first-order chi connectivity index (χ1) is 15.5. The van der Waals surface area contributed by atoms with Gasteiger partial charge in [0.1, 0.15) is 0 Å². The smallest absolute Gasteiger partial charge is 0.243 e. The average Bonchev–Trinajstić information content (AvgIpc) is 2.84. The van der Waals surface area contributed by atoms with Crippen LogP contribution < -0.4 is 4.31 Å². The molecule has 0 radical (unpaired) electrons. The second-order valence-electron chi connectivity index (χ2n) is 7.80. The minimum absolute atomic E-state index is 0.101. The lowest BCUT2D eigenvalue weighted by Gasteiger charge is -2.37. The molecule has 1 fully saturated rings. The topological polar surface area (TPSA) is 66.4 Å². The van der Waals surface area contributed by atoms with Crippen molar-refractivity contribution in [2.24, 2.45) is 0 Å². The second-order valence-corrected chi connectivity index (χ2v) is 11.2. The quantitative estimate of drug-likeness (QED) is 0.500. The van der Waals surface area contributed by atoms with Crippen LogP contribution in [0.2, 0.25) is 0 Å². The van der Waals surface area contributed by atoms with Crippen molar-refractivity contribution in [1.82, 2.24) is 14.3 Å². The lowest BCUT2D eigenvalue weighted by Crippen LogP contribution is -2.45. The number of hydrogen-bond donors (Lipinski definition) is 0. The molecule has 1 aromatic carbocycles. The zero-order valence-electron chi connectivity index (χ0n) is 18.0. The molecule has 1 aliphatic carbocycles. The van der Waals surface area contributed by atoms with Crippen LogP contribution in [0.25, 0.3) is 0 Å². The van der Waals surface area contributed by atoms with Crippen molar-refractivity contribution in [3.63, 3.8) is 0 Å². The van der Waals surface area contributed by atoms with Crippen LogP contribution in [-0.4, -0.2) is 41.8 Å². The summed E-state index contributed by atoms with van der Waals surface area (Å²) in [7, 11) is -3.50. The van der Waals surface area contributed by atoms with Gasteiger partial charge in [0.05, 0.1) is 9.93 Å². The van der Waals surface area contributed by atoms with E-state index in [1.807, 2.05) is 18.2 Å². The lowest BCUT2D eigenvalue weighted by molar-refractivity contribution is 0.322. The van der Waals surface area contributed by atoms with E-state index in [-0.39, 0.29) is 6.04 Å². The molecule has 2 aliphatic rings. The van der Waals surface area contributed by atoms with E-state index >= 15 is 0 Å². The highest BCUT2D eigenvalue weighted by atomic mass is 35.5. The van der Waals surface area contributed by atoms with Gasteiger partial charge in [-0.3, -0.25) is 4.31 Å². The molecule has 1 saturated heterocycles. The Morgan fingerprint density at radius 2 is 1.75 bits per heavy atom. The number of nitrogens with zero attached hydrogens (tertiary/aromatic N) is 4. The molecular weight excluding hydrogens is 464 g/mol. The predicted octanol–water partition coefficient (Wildman–Crippen LogP) is 5.15. The molecule has 32 heavy (non-hydrogen) atoms. The monoisotopic (exact) mass is 490 g/mol. The Balaban J connectivity index is 1.49. The Morgan fingerprint density at radius 3 is 2.38 bits per heavy atom. The van der Waals surface area contributed by atoms with E-state index in [0.717, 1.165) is 34.8 Å². The van der Waals surface area contributed by atoms with Crippen LogP contribution in [0, 0.1) is 0 Å². The van der Waals surface area contributed by atoms with Gasteiger partial charge in [0, 0.05) is 36.4 Å². The number of benzene rings is 1. The van der Waals surface area contributed by atoms with Gasteiger partial charge in [-0.05, 0) is 67.8 Å². The summed E-state index contributed by atoms with van der Waals surface area (Å²) >= 11 is 7.99. The normalized spacial score (nSPS) is 18.2. The number of piperidine rings is 1. The highest BCUT2D eigenvalue weighted by Crippen LogP contribution is 2.38. The molecule has 0 N–H and O–H groups in total. The summed E-state index contributed by atoms with van der Waals surface area (Å²) in [6, 6.07) is 9.09. The number of aromatic nitrogens is 2. The molecule has 170 valence electrons. The van der Waals surface area contributed by atoms with Crippen LogP contribution >= 0.6 is 23.5 Å². The molecule has 1 aliphatic heterocycles. The van der Waals surface area contributed by atoms with Crippen molar-refractivity contribution >= 4 is 39.5 Å². The number of aryl methyl sites for hydroxylation is 1. The van der Waals surface area contributed by atoms with Gasteiger partial charge < -0.3 is 0 Å². The van der Waals surface area contributed by atoms with Crippen LogP contribution in [-0.2, 0) is 16.4 Å². The Kier molecular flexibility index (Phi) is 7.55. The van der Waals surface area contributed by atoms with Crippen LogP contribution in [0.1, 0.15) is 38.2 Å². The number of anilines is 1. The number of allylic oxidation sites excluding steroid dienone is 3. The van der Waals surface area contributed by atoms with E-state index in [0.29, 0.717) is 36.8 Å². The van der Waals surface area contributed by atoms with Gasteiger partial charge in [0.15, 0.2) is 0 Å². The fourth-order valence-electron chi connectivity index (χ4n) is 3.86. The van der Waals surface area contributed by atoms with Crippen molar-refractivity contribution in [1.29, 1.82) is 0 Å². The summed E-state index contributed by atoms with van der Waals surface area (Å²) in [5.41, 5.74) is 1.13. The van der Waals surface area contributed by atoms with Crippen LogP contribution in [0.4, 0.5) is 5.95 Å². The zero-order valence-corrected chi connectivity index (χ0v) is 20.4. The van der Waals surface area contributed by atoms with Crippen molar-refractivity contribution in [3.05, 3.63) is 70.4 Å². The minimum Gasteiger partial charge on any atom is -0.277 e. The maximum atomic E-state index is 13.1. The number of sulfonamides is 1. The summed E-state index contributed by atoms with van der Waals surface area (Å²) in [6.45, 7) is 2.96. The SMILES string of the molecule is CCc1ccc(S(=O)(=O)N2CCC(N(SC3=CCCC=C3Cl)c3ncccn3)CC2)cc1. The first-order valence-corrected chi connectivity index (χ1v) is 13.5. The predicted molar refractivity (Wildman–Crippen MR) is 131 cm³/mol. The maximum Gasteiger partial charge on any atom is 0.243 e. The van der Waals surface area contributed by atoms with E-state index in [9.17, 15) is 8.42 Å². The van der Waals surface area contributed by atoms with E-state index in [4.69, 9.17) is 11.6 Å². The fourth-order valence-corrected chi connectivity index (χ4v) is 6.73. The summed E-state index contributed by atoms with van der Waals surface area (Å²) < 4.78 is 30.0. The molecule has 0 unspecified atom stereocenters. The fraction of sp³-hybridized carbons (Fsp3) is 0.391. The number of hydrogen-bond acceptors (Lipinski definition) is 6. The van der Waals surface area contributed by atoms with Gasteiger partial charge >= 0.3 is 0 Å². The van der Waals surface area contributed by atoms with E-state index < -0.39 is 10.0 Å². The van der Waals surface area contributed by atoms with E-state index in [1.165, 1.54) is 0 Å². The van der Waals surface area contributed by atoms with Gasteiger partial charge in [-0.25, -0.2) is 18.4 Å². The third-order valence-electron chi connectivity index (χ3n) is 5.73. The van der Waals surface area contributed by atoms with Crippen molar-refractivity contribution in [3.8, 4) is 0 Å². The van der Waals surface area contributed by atoms with Crippen LogP contribution in [0.3, 0.4) is 0 Å². The molecule has 2 heterocycles. The highest BCUT2D eigenvalue weighted by Gasteiger charge is 2.33. The van der Waals surface area contributed by atoms with Gasteiger partial charge in [-0.1, -0.05) is 42.8 Å². The molecule has 9 heteroatoms. The molecule has 0 spiro atoms. The van der Waals surface area contributed by atoms with Crippen LogP contribution in [0.15, 0.2) is 69.7 Å². The summed E-state index contributed by atoms with van der Waals surface area (Å²) in [5.74, 6) is 0.616. The lowest BCUT2D eigenvalue weighted by atomic mass is 10.1. The van der Waals surface area contributed by atoms with Gasteiger partial charge in [-0.2, -0.15) is 4.31 Å². The minimum atomic E-state index is -3.50. The summed E-state index contributed by atoms with van der Waals surface area (Å²) in [4.78, 5) is 10.3. The molecule has 6 nitrogen and oxygen atoms in total. The molecule has 0 saturated carbocycles. The number of rotatable bonds is 7. The van der Waals surface area contributed by atoms with Crippen molar-refractivity contribution in [2.45, 2.75) is 50.0 Å². The molecule has 1 aromatic heterocycles. The third kappa shape index (κ3) is 5.20. The molecule has 2 aromatic rings. The molecule has 4 rings (SSSR count). The van der Waals surface area contributed by atoms with Crippen LogP contribution in [0.5, 0.6) is 0 Å². The zero-order chi connectivity index (χ0) is 22.6. The standard InChI is InChI=1S/C23H27ClN4O2S2/c1-2-18-8-10-20(11-9-18)32(29,30)27-16-12-19(13-17-27)28(23-25-14-5-15-26-23)31-22-7-4-3-6-21(22)24/h5-11,14-15,19H,2-4,12-13,16-17H2,1H3. The Bertz CT molecular complexity index is 1080. The van der Waals surface area contributed by atoms with E-state index in [1.54, 1.807) is 46.8 Å². The van der Waals surface area contributed by atoms with Crippen molar-refractivity contribution < 1.29 is 8.42 Å². The molecule has 0 amide bonds. The summed E-state index contributed by atoms with van der Waals surface area (Å²) in [6.07, 6.45) is 11.8. The van der Waals surface area contributed by atoms with E-state index in [2.05, 4.69) is 27.3 Å². The molecule has 0 bridgehead atoms. The van der Waals surface area contributed by atoms with Gasteiger partial charge in [0.2, 0.25) is 16.0 Å². The first-order valence-electron chi connectivity index (χ1n) is 10.9. The number of halogens is 1. The molecular formula is C23H27ClN4O2S2. The third-order valence-corrected chi connectivity index (χ3v) is 9.35. The average molecular weight is 491 g/mol. The summed E-state index contributed by atoms with van der Waals surface area (Å²) in [5, 5.41) is 0.748. The maximum absolute atomic E-state index is 13.1.